The minimum Gasteiger partial charge on any atom is -0.354 e. The van der Waals surface area contributed by atoms with Crippen LogP contribution in [0.3, 0.4) is 0 Å². The van der Waals surface area contributed by atoms with Crippen LogP contribution in [-0.2, 0) is 18.4 Å². The first-order valence-electron chi connectivity index (χ1n) is 7.35. The Morgan fingerprint density at radius 1 is 1.41 bits per heavy atom. The van der Waals surface area contributed by atoms with Gasteiger partial charge in [0.25, 0.3) is 0 Å². The summed E-state index contributed by atoms with van der Waals surface area (Å²) in [5.74, 6) is 0.837. The number of carbonyl (C=O) groups excluding carboxylic acids is 1. The SMILES string of the molecule is CN=C(NCCNC(=O)C(C)C)N(C)Cc1cc(Cl)cn1C. The van der Waals surface area contributed by atoms with Crippen molar-refractivity contribution in [1.29, 1.82) is 0 Å². The lowest BCUT2D eigenvalue weighted by atomic mass is 10.2. The number of aromatic nitrogens is 1. The molecule has 7 heteroatoms. The zero-order valence-electron chi connectivity index (χ0n) is 14.0. The van der Waals surface area contributed by atoms with Crippen LogP contribution in [0.4, 0.5) is 0 Å². The van der Waals surface area contributed by atoms with E-state index in [4.69, 9.17) is 11.6 Å². The first-order valence-corrected chi connectivity index (χ1v) is 7.73. The molecule has 6 nitrogen and oxygen atoms in total. The molecule has 2 N–H and O–H groups in total. The highest BCUT2D eigenvalue weighted by atomic mass is 35.5. The van der Waals surface area contributed by atoms with Gasteiger partial charge in [-0.15, -0.1) is 0 Å². The molecule has 1 heterocycles. The highest BCUT2D eigenvalue weighted by Crippen LogP contribution is 2.14. The summed E-state index contributed by atoms with van der Waals surface area (Å²) in [4.78, 5) is 17.7. The molecule has 0 saturated carbocycles. The molecule has 1 aromatic rings. The summed E-state index contributed by atoms with van der Waals surface area (Å²) in [5, 5.41) is 6.82. The molecule has 0 saturated heterocycles. The first kappa shape index (κ1) is 18.4. The minimum atomic E-state index is 0.00377. The summed E-state index contributed by atoms with van der Waals surface area (Å²) in [5.41, 5.74) is 1.10. The van der Waals surface area contributed by atoms with Crippen molar-refractivity contribution in [2.24, 2.45) is 18.0 Å². The summed E-state index contributed by atoms with van der Waals surface area (Å²) in [6.07, 6.45) is 1.88. The van der Waals surface area contributed by atoms with E-state index in [1.54, 1.807) is 7.05 Å². The average Bonchev–Trinajstić information content (AvgIpc) is 2.76. The molecule has 1 rings (SSSR count). The number of halogens is 1. The molecule has 0 bridgehead atoms. The molecule has 0 radical (unpaired) electrons. The molecule has 22 heavy (non-hydrogen) atoms. The smallest absolute Gasteiger partial charge is 0.222 e. The molecule has 0 aliphatic rings. The maximum Gasteiger partial charge on any atom is 0.222 e. The van der Waals surface area contributed by atoms with E-state index in [9.17, 15) is 4.79 Å². The maximum absolute atomic E-state index is 11.5. The molecule has 1 aromatic heterocycles. The van der Waals surface area contributed by atoms with E-state index in [2.05, 4.69) is 15.6 Å². The molecule has 1 amide bonds. The van der Waals surface area contributed by atoms with Crippen LogP contribution >= 0.6 is 11.6 Å². The van der Waals surface area contributed by atoms with Gasteiger partial charge in [0.1, 0.15) is 0 Å². The Hall–Kier alpha value is -1.69. The standard InChI is InChI=1S/C15H26ClN5O/c1-11(2)14(22)18-6-7-19-15(17-3)21(5)10-13-8-12(16)9-20(13)4/h8-9,11H,6-7,10H2,1-5H3,(H,17,19)(H,18,22). The second-order valence-electron chi connectivity index (χ2n) is 5.54. The molecule has 0 fully saturated rings. The van der Waals surface area contributed by atoms with Gasteiger partial charge in [-0.2, -0.15) is 0 Å². The van der Waals surface area contributed by atoms with Gasteiger partial charge in [-0.25, -0.2) is 0 Å². The zero-order valence-corrected chi connectivity index (χ0v) is 14.7. The predicted octanol–water partition coefficient (Wildman–Crippen LogP) is 1.46. The Bertz CT molecular complexity index is 524. The number of nitrogens with zero attached hydrogens (tertiary/aromatic N) is 3. The fourth-order valence-corrected chi connectivity index (χ4v) is 2.26. The van der Waals surface area contributed by atoms with Crippen molar-refractivity contribution in [1.82, 2.24) is 20.1 Å². The normalized spacial score (nSPS) is 11.7. The molecule has 0 aliphatic heterocycles. The fraction of sp³-hybridized carbons (Fsp3) is 0.600. The van der Waals surface area contributed by atoms with Crippen LogP contribution in [0.5, 0.6) is 0 Å². The Morgan fingerprint density at radius 3 is 2.55 bits per heavy atom. The third-order valence-electron chi connectivity index (χ3n) is 3.28. The number of carbonyl (C=O) groups is 1. The summed E-state index contributed by atoms with van der Waals surface area (Å²) >= 11 is 5.99. The summed E-state index contributed by atoms with van der Waals surface area (Å²) in [6.45, 7) is 5.64. The number of amides is 1. The van der Waals surface area contributed by atoms with E-state index < -0.39 is 0 Å². The van der Waals surface area contributed by atoms with Gasteiger partial charge < -0.3 is 20.1 Å². The second-order valence-corrected chi connectivity index (χ2v) is 5.97. The van der Waals surface area contributed by atoms with Crippen molar-refractivity contribution in [3.8, 4) is 0 Å². The molecular weight excluding hydrogens is 302 g/mol. The maximum atomic E-state index is 11.5. The van der Waals surface area contributed by atoms with Gasteiger partial charge in [0, 0.05) is 52.0 Å². The predicted molar refractivity (Wildman–Crippen MR) is 91.1 cm³/mol. The number of guanidine groups is 1. The third-order valence-corrected chi connectivity index (χ3v) is 3.49. The van der Waals surface area contributed by atoms with Crippen LogP contribution in [0.25, 0.3) is 0 Å². The third kappa shape index (κ3) is 5.60. The average molecular weight is 328 g/mol. The Balaban J connectivity index is 2.44. The molecule has 0 aromatic carbocycles. The van der Waals surface area contributed by atoms with Crippen molar-refractivity contribution in [3.63, 3.8) is 0 Å². The Labute approximate surface area is 137 Å². The van der Waals surface area contributed by atoms with Crippen molar-refractivity contribution >= 4 is 23.5 Å². The van der Waals surface area contributed by atoms with Crippen LogP contribution in [0.2, 0.25) is 5.02 Å². The van der Waals surface area contributed by atoms with Gasteiger partial charge in [0.15, 0.2) is 5.96 Å². The zero-order chi connectivity index (χ0) is 16.7. The lowest BCUT2D eigenvalue weighted by Crippen LogP contribution is -2.42. The number of rotatable bonds is 6. The number of hydrogen-bond donors (Lipinski definition) is 2. The molecule has 0 unspecified atom stereocenters. The van der Waals surface area contributed by atoms with E-state index in [1.165, 1.54) is 0 Å². The second kappa shape index (κ2) is 8.68. The van der Waals surface area contributed by atoms with Gasteiger partial charge >= 0.3 is 0 Å². The van der Waals surface area contributed by atoms with Crippen molar-refractivity contribution in [3.05, 3.63) is 23.0 Å². The van der Waals surface area contributed by atoms with Crippen LogP contribution in [0.1, 0.15) is 19.5 Å². The fourth-order valence-electron chi connectivity index (χ4n) is 1.99. The number of aliphatic imine (C=N–C) groups is 1. The topological polar surface area (TPSA) is 61.7 Å². The summed E-state index contributed by atoms with van der Waals surface area (Å²) < 4.78 is 2.00. The number of nitrogens with one attached hydrogen (secondary N) is 2. The number of aryl methyl sites for hydroxylation is 1. The van der Waals surface area contributed by atoms with Gasteiger partial charge in [0.2, 0.25) is 5.91 Å². The quantitative estimate of drug-likeness (QED) is 0.472. The molecule has 0 spiro atoms. The molecular formula is C15H26ClN5O. The number of hydrogen-bond acceptors (Lipinski definition) is 2. The highest BCUT2D eigenvalue weighted by molar-refractivity contribution is 6.30. The van der Waals surface area contributed by atoms with Gasteiger partial charge in [-0.1, -0.05) is 25.4 Å². The van der Waals surface area contributed by atoms with E-state index in [0.29, 0.717) is 19.6 Å². The first-order chi connectivity index (χ1) is 10.3. The van der Waals surface area contributed by atoms with Gasteiger partial charge in [-0.3, -0.25) is 9.79 Å². The Kier molecular flexibility index (Phi) is 7.24. The monoisotopic (exact) mass is 327 g/mol. The summed E-state index contributed by atoms with van der Waals surface area (Å²) in [6, 6.07) is 1.94. The van der Waals surface area contributed by atoms with Crippen LogP contribution in [-0.4, -0.2) is 48.5 Å². The van der Waals surface area contributed by atoms with Crippen molar-refractivity contribution in [2.75, 3.05) is 27.2 Å². The minimum absolute atomic E-state index is 0.00377. The van der Waals surface area contributed by atoms with E-state index in [-0.39, 0.29) is 11.8 Å². The largest absolute Gasteiger partial charge is 0.354 e. The van der Waals surface area contributed by atoms with E-state index in [1.807, 2.05) is 49.7 Å². The lowest BCUT2D eigenvalue weighted by molar-refractivity contribution is -0.123. The highest BCUT2D eigenvalue weighted by Gasteiger charge is 2.10. The van der Waals surface area contributed by atoms with Crippen LogP contribution < -0.4 is 10.6 Å². The summed E-state index contributed by atoms with van der Waals surface area (Å²) in [7, 11) is 5.67. The van der Waals surface area contributed by atoms with Crippen LogP contribution in [0.15, 0.2) is 17.3 Å². The van der Waals surface area contributed by atoms with E-state index in [0.717, 1.165) is 16.7 Å². The van der Waals surface area contributed by atoms with Crippen LogP contribution in [0, 0.1) is 5.92 Å². The van der Waals surface area contributed by atoms with E-state index >= 15 is 0 Å². The molecule has 0 aliphatic carbocycles. The molecule has 124 valence electrons. The van der Waals surface area contributed by atoms with Crippen molar-refractivity contribution < 1.29 is 4.79 Å². The Morgan fingerprint density at radius 2 is 2.05 bits per heavy atom. The van der Waals surface area contributed by atoms with Gasteiger partial charge in [-0.05, 0) is 6.07 Å². The van der Waals surface area contributed by atoms with Crippen molar-refractivity contribution in [2.45, 2.75) is 20.4 Å². The molecule has 0 atom stereocenters. The lowest BCUT2D eigenvalue weighted by Gasteiger charge is -2.22. The van der Waals surface area contributed by atoms with Gasteiger partial charge in [0.05, 0.1) is 11.6 Å².